The highest BCUT2D eigenvalue weighted by Gasteiger charge is 2.27. The number of ether oxygens (including phenoxy) is 1. The molecule has 2 N–H and O–H groups in total. The van der Waals surface area contributed by atoms with Crippen LogP contribution in [0.4, 0.5) is 0 Å². The second-order valence-corrected chi connectivity index (χ2v) is 6.52. The highest BCUT2D eigenvalue weighted by atomic mass is 79.9. The van der Waals surface area contributed by atoms with Gasteiger partial charge in [-0.25, -0.2) is 0 Å². The van der Waals surface area contributed by atoms with E-state index in [0.717, 1.165) is 21.7 Å². The minimum absolute atomic E-state index is 0.0980. The number of methoxy groups -OCH3 is 1. The molecule has 1 aliphatic carbocycles. The molecule has 0 heterocycles. The summed E-state index contributed by atoms with van der Waals surface area (Å²) in [5, 5.41) is 0. The van der Waals surface area contributed by atoms with Crippen LogP contribution in [0, 0.1) is 11.8 Å². The molecule has 0 radical (unpaired) electrons. The SMILES string of the molecule is CCC1CCC(C(N)c2ccc(Br)cc2OC)CC1. The lowest BCUT2D eigenvalue weighted by Crippen LogP contribution is -2.26. The molecule has 106 valence electrons. The van der Waals surface area contributed by atoms with E-state index in [9.17, 15) is 0 Å². The van der Waals surface area contributed by atoms with Gasteiger partial charge in [0.25, 0.3) is 0 Å². The Hall–Kier alpha value is -0.540. The lowest BCUT2D eigenvalue weighted by Gasteiger charge is -2.32. The molecule has 0 spiro atoms. The monoisotopic (exact) mass is 325 g/mol. The molecule has 1 aliphatic rings. The smallest absolute Gasteiger partial charge is 0.124 e. The number of hydrogen-bond acceptors (Lipinski definition) is 2. The Morgan fingerprint density at radius 3 is 2.58 bits per heavy atom. The lowest BCUT2D eigenvalue weighted by molar-refractivity contribution is 0.237. The minimum atomic E-state index is 0.0980. The number of rotatable bonds is 4. The first-order valence-corrected chi connectivity index (χ1v) is 8.04. The Balaban J connectivity index is 2.09. The van der Waals surface area contributed by atoms with Gasteiger partial charge in [0.1, 0.15) is 5.75 Å². The number of benzene rings is 1. The van der Waals surface area contributed by atoms with Gasteiger partial charge in [-0.1, -0.05) is 48.2 Å². The van der Waals surface area contributed by atoms with E-state index in [2.05, 4.69) is 35.0 Å². The van der Waals surface area contributed by atoms with E-state index >= 15 is 0 Å². The van der Waals surface area contributed by atoms with E-state index in [-0.39, 0.29) is 6.04 Å². The van der Waals surface area contributed by atoms with Crippen LogP contribution in [-0.4, -0.2) is 7.11 Å². The quantitative estimate of drug-likeness (QED) is 0.872. The van der Waals surface area contributed by atoms with Crippen molar-refractivity contribution in [3.05, 3.63) is 28.2 Å². The maximum Gasteiger partial charge on any atom is 0.124 e. The van der Waals surface area contributed by atoms with Crippen molar-refractivity contribution >= 4 is 15.9 Å². The van der Waals surface area contributed by atoms with E-state index < -0.39 is 0 Å². The van der Waals surface area contributed by atoms with Crippen molar-refractivity contribution in [2.24, 2.45) is 17.6 Å². The molecule has 0 bridgehead atoms. The zero-order chi connectivity index (χ0) is 13.8. The molecule has 0 aromatic heterocycles. The van der Waals surface area contributed by atoms with Gasteiger partial charge in [-0.15, -0.1) is 0 Å². The summed E-state index contributed by atoms with van der Waals surface area (Å²) in [6, 6.07) is 6.25. The second-order valence-electron chi connectivity index (χ2n) is 5.60. The van der Waals surface area contributed by atoms with Crippen LogP contribution in [-0.2, 0) is 0 Å². The van der Waals surface area contributed by atoms with E-state index in [1.54, 1.807) is 7.11 Å². The molecule has 1 atom stereocenters. The van der Waals surface area contributed by atoms with Crippen molar-refractivity contribution in [3.63, 3.8) is 0 Å². The minimum Gasteiger partial charge on any atom is -0.496 e. The molecular weight excluding hydrogens is 302 g/mol. The maximum atomic E-state index is 6.49. The number of nitrogens with two attached hydrogens (primary N) is 1. The van der Waals surface area contributed by atoms with Crippen LogP contribution < -0.4 is 10.5 Å². The van der Waals surface area contributed by atoms with Gasteiger partial charge in [-0.3, -0.25) is 0 Å². The first-order chi connectivity index (χ1) is 9.15. The standard InChI is InChI=1S/C16H24BrNO/c1-3-11-4-6-12(7-5-11)16(18)14-9-8-13(17)10-15(14)19-2/h8-12,16H,3-7,18H2,1-2H3. The van der Waals surface area contributed by atoms with Crippen molar-refractivity contribution in [2.75, 3.05) is 7.11 Å². The zero-order valence-electron chi connectivity index (χ0n) is 11.9. The average molecular weight is 326 g/mol. The Bertz CT molecular complexity index is 413. The Morgan fingerprint density at radius 1 is 1.32 bits per heavy atom. The van der Waals surface area contributed by atoms with Gasteiger partial charge in [-0.05, 0) is 36.8 Å². The van der Waals surface area contributed by atoms with Gasteiger partial charge in [0, 0.05) is 16.1 Å². The summed E-state index contributed by atoms with van der Waals surface area (Å²) in [6.45, 7) is 2.29. The van der Waals surface area contributed by atoms with Crippen LogP contribution in [0.15, 0.2) is 22.7 Å². The van der Waals surface area contributed by atoms with E-state index in [1.807, 2.05) is 6.07 Å². The Kier molecular flexibility index (Phi) is 5.28. The summed E-state index contributed by atoms with van der Waals surface area (Å²) in [4.78, 5) is 0. The zero-order valence-corrected chi connectivity index (χ0v) is 13.4. The van der Waals surface area contributed by atoms with Crippen molar-refractivity contribution in [2.45, 2.75) is 45.1 Å². The first-order valence-electron chi connectivity index (χ1n) is 7.24. The van der Waals surface area contributed by atoms with E-state index in [0.29, 0.717) is 5.92 Å². The van der Waals surface area contributed by atoms with Crippen molar-refractivity contribution in [1.82, 2.24) is 0 Å². The lowest BCUT2D eigenvalue weighted by atomic mass is 9.76. The molecule has 0 saturated heterocycles. The molecule has 1 unspecified atom stereocenters. The van der Waals surface area contributed by atoms with Gasteiger partial charge in [0.2, 0.25) is 0 Å². The van der Waals surface area contributed by atoms with Crippen LogP contribution >= 0.6 is 15.9 Å². The molecule has 3 heteroatoms. The maximum absolute atomic E-state index is 6.49. The Morgan fingerprint density at radius 2 is 2.00 bits per heavy atom. The second kappa shape index (κ2) is 6.76. The van der Waals surface area contributed by atoms with Crippen LogP contribution in [0.25, 0.3) is 0 Å². The molecule has 19 heavy (non-hydrogen) atoms. The van der Waals surface area contributed by atoms with E-state index in [4.69, 9.17) is 10.5 Å². The summed E-state index contributed by atoms with van der Waals surface area (Å²) in [5.41, 5.74) is 7.63. The molecule has 0 amide bonds. The molecule has 1 aromatic carbocycles. The highest BCUT2D eigenvalue weighted by molar-refractivity contribution is 9.10. The Labute approximate surface area is 124 Å². The van der Waals surface area contributed by atoms with Crippen molar-refractivity contribution in [1.29, 1.82) is 0 Å². The average Bonchev–Trinajstić information content (AvgIpc) is 2.46. The predicted octanol–water partition coefficient (Wildman–Crippen LogP) is 4.67. The summed E-state index contributed by atoms with van der Waals surface area (Å²) in [6.07, 6.45) is 6.46. The third-order valence-corrected chi connectivity index (χ3v) is 5.02. The number of halogens is 1. The summed E-state index contributed by atoms with van der Waals surface area (Å²) >= 11 is 3.48. The summed E-state index contributed by atoms with van der Waals surface area (Å²) in [7, 11) is 1.71. The number of hydrogen-bond donors (Lipinski definition) is 1. The third kappa shape index (κ3) is 3.51. The van der Waals surface area contributed by atoms with Crippen LogP contribution in [0.1, 0.15) is 50.6 Å². The van der Waals surface area contributed by atoms with Crippen LogP contribution in [0.2, 0.25) is 0 Å². The highest BCUT2D eigenvalue weighted by Crippen LogP contribution is 2.39. The van der Waals surface area contributed by atoms with Crippen LogP contribution in [0.3, 0.4) is 0 Å². The molecule has 2 nitrogen and oxygen atoms in total. The first kappa shape index (κ1) is 14.9. The molecule has 0 aliphatic heterocycles. The fraction of sp³-hybridized carbons (Fsp3) is 0.625. The molecule has 1 aromatic rings. The molecular formula is C16H24BrNO. The van der Waals surface area contributed by atoms with Gasteiger partial charge in [-0.2, -0.15) is 0 Å². The van der Waals surface area contributed by atoms with Gasteiger partial charge < -0.3 is 10.5 Å². The topological polar surface area (TPSA) is 35.2 Å². The van der Waals surface area contributed by atoms with Crippen molar-refractivity contribution < 1.29 is 4.74 Å². The van der Waals surface area contributed by atoms with E-state index in [1.165, 1.54) is 32.1 Å². The summed E-state index contributed by atoms with van der Waals surface area (Å²) < 4.78 is 6.51. The fourth-order valence-corrected chi connectivity index (χ4v) is 3.51. The van der Waals surface area contributed by atoms with Gasteiger partial charge in [0.05, 0.1) is 7.11 Å². The largest absolute Gasteiger partial charge is 0.496 e. The van der Waals surface area contributed by atoms with Gasteiger partial charge >= 0.3 is 0 Å². The van der Waals surface area contributed by atoms with Crippen molar-refractivity contribution in [3.8, 4) is 5.75 Å². The molecule has 1 fully saturated rings. The van der Waals surface area contributed by atoms with Gasteiger partial charge in [0.15, 0.2) is 0 Å². The van der Waals surface area contributed by atoms with Crippen LogP contribution in [0.5, 0.6) is 5.75 Å². The molecule has 1 saturated carbocycles. The predicted molar refractivity (Wildman–Crippen MR) is 83.4 cm³/mol. The fourth-order valence-electron chi connectivity index (χ4n) is 3.17. The summed E-state index contributed by atoms with van der Waals surface area (Å²) in [5.74, 6) is 2.41. The molecule has 2 rings (SSSR count). The third-order valence-electron chi connectivity index (χ3n) is 4.53. The normalized spacial score (nSPS) is 25.1.